The summed E-state index contributed by atoms with van der Waals surface area (Å²) in [5.74, 6) is -0.456. The molecule has 1 saturated heterocycles. The number of hydrogen-bond acceptors (Lipinski definition) is 2. The van der Waals surface area contributed by atoms with E-state index in [2.05, 4.69) is 0 Å². The lowest BCUT2D eigenvalue weighted by Gasteiger charge is -2.29. The molecular weight excluding hydrogens is 243 g/mol. The number of benzene rings is 1. The predicted octanol–water partition coefficient (Wildman–Crippen LogP) is 2.48. The molecule has 0 radical (unpaired) electrons. The monoisotopic (exact) mass is 264 g/mol. The van der Waals surface area contributed by atoms with Crippen molar-refractivity contribution in [2.75, 3.05) is 13.1 Å². The van der Waals surface area contributed by atoms with E-state index in [1.807, 2.05) is 4.90 Å². The second kappa shape index (κ2) is 6.15. The van der Waals surface area contributed by atoms with Gasteiger partial charge in [0.25, 0.3) is 5.91 Å². The van der Waals surface area contributed by atoms with Crippen LogP contribution in [0.4, 0.5) is 4.39 Å². The van der Waals surface area contributed by atoms with Crippen molar-refractivity contribution in [1.82, 2.24) is 4.90 Å². The second-order valence-electron chi connectivity index (χ2n) is 5.25. The molecule has 1 atom stereocenters. The number of aryl methyl sites for hydroxylation is 1. The Balaban J connectivity index is 2.25. The summed E-state index contributed by atoms with van der Waals surface area (Å²) in [5, 5.41) is 0. The summed E-state index contributed by atoms with van der Waals surface area (Å²) < 4.78 is 13.4. The maximum atomic E-state index is 13.4. The van der Waals surface area contributed by atoms with Gasteiger partial charge in [-0.25, -0.2) is 4.39 Å². The number of hydrogen-bond donors (Lipinski definition) is 1. The molecule has 1 amide bonds. The van der Waals surface area contributed by atoms with Crippen LogP contribution >= 0.6 is 0 Å². The van der Waals surface area contributed by atoms with Crippen LogP contribution in [0.2, 0.25) is 0 Å². The van der Waals surface area contributed by atoms with E-state index >= 15 is 0 Å². The minimum absolute atomic E-state index is 0.0820. The molecule has 19 heavy (non-hydrogen) atoms. The van der Waals surface area contributed by atoms with Crippen molar-refractivity contribution >= 4 is 5.91 Å². The molecule has 1 fully saturated rings. The summed E-state index contributed by atoms with van der Waals surface area (Å²) in [4.78, 5) is 14.4. The molecule has 1 aliphatic rings. The van der Waals surface area contributed by atoms with Crippen LogP contribution in [-0.4, -0.2) is 29.9 Å². The third-order valence-electron chi connectivity index (χ3n) is 3.70. The SMILES string of the molecule is Cc1cc(F)cc(C(=O)N2CCCCCC2CN)c1. The molecule has 0 bridgehead atoms. The van der Waals surface area contributed by atoms with Crippen molar-refractivity contribution in [3.8, 4) is 0 Å². The second-order valence-corrected chi connectivity index (χ2v) is 5.25. The number of rotatable bonds is 2. The van der Waals surface area contributed by atoms with Gasteiger partial charge in [-0.2, -0.15) is 0 Å². The lowest BCUT2D eigenvalue weighted by molar-refractivity contribution is 0.0688. The lowest BCUT2D eigenvalue weighted by atomic mass is 10.1. The molecule has 1 unspecified atom stereocenters. The molecule has 0 saturated carbocycles. The van der Waals surface area contributed by atoms with Gasteiger partial charge < -0.3 is 10.6 Å². The zero-order chi connectivity index (χ0) is 13.8. The number of nitrogens with two attached hydrogens (primary N) is 1. The van der Waals surface area contributed by atoms with Gasteiger partial charge >= 0.3 is 0 Å². The number of likely N-dealkylation sites (tertiary alicyclic amines) is 1. The number of carbonyl (C=O) groups excluding carboxylic acids is 1. The quantitative estimate of drug-likeness (QED) is 0.892. The Bertz CT molecular complexity index is 441. The van der Waals surface area contributed by atoms with Gasteiger partial charge in [0.1, 0.15) is 5.82 Å². The molecule has 1 aromatic rings. The lowest BCUT2D eigenvalue weighted by Crippen LogP contribution is -2.44. The van der Waals surface area contributed by atoms with Crippen LogP contribution in [-0.2, 0) is 0 Å². The van der Waals surface area contributed by atoms with Gasteiger partial charge in [-0.1, -0.05) is 12.8 Å². The Hall–Kier alpha value is -1.42. The van der Waals surface area contributed by atoms with Crippen molar-refractivity contribution in [2.24, 2.45) is 5.73 Å². The highest BCUT2D eigenvalue weighted by molar-refractivity contribution is 5.94. The van der Waals surface area contributed by atoms with Crippen molar-refractivity contribution in [3.63, 3.8) is 0 Å². The first kappa shape index (κ1) is 14.0. The van der Waals surface area contributed by atoms with Gasteiger partial charge in [0.15, 0.2) is 0 Å². The molecule has 1 aromatic carbocycles. The molecule has 1 heterocycles. The fraction of sp³-hybridized carbons (Fsp3) is 0.533. The standard InChI is InChI=1S/C15H21FN2O/c1-11-7-12(9-13(16)8-11)15(19)18-6-4-2-3-5-14(18)10-17/h7-9,14H,2-6,10,17H2,1H3. The van der Waals surface area contributed by atoms with E-state index in [0.717, 1.165) is 37.8 Å². The molecule has 4 heteroatoms. The highest BCUT2D eigenvalue weighted by Crippen LogP contribution is 2.19. The summed E-state index contributed by atoms with van der Waals surface area (Å²) in [6.45, 7) is 2.99. The van der Waals surface area contributed by atoms with E-state index in [1.165, 1.54) is 12.1 Å². The first-order chi connectivity index (χ1) is 9.11. The van der Waals surface area contributed by atoms with E-state index in [4.69, 9.17) is 5.73 Å². The van der Waals surface area contributed by atoms with Crippen LogP contribution in [0.15, 0.2) is 18.2 Å². The van der Waals surface area contributed by atoms with Crippen LogP contribution < -0.4 is 5.73 Å². The van der Waals surface area contributed by atoms with Crippen LogP contribution in [0.3, 0.4) is 0 Å². The topological polar surface area (TPSA) is 46.3 Å². The molecule has 2 N–H and O–H groups in total. The van der Waals surface area contributed by atoms with Gasteiger partial charge in [0, 0.05) is 24.7 Å². The van der Waals surface area contributed by atoms with Crippen LogP contribution in [0, 0.1) is 12.7 Å². The Kier molecular flexibility index (Phi) is 4.53. The Morgan fingerprint density at radius 1 is 1.37 bits per heavy atom. The maximum Gasteiger partial charge on any atom is 0.254 e. The van der Waals surface area contributed by atoms with Crippen molar-refractivity contribution in [1.29, 1.82) is 0 Å². The third-order valence-corrected chi connectivity index (χ3v) is 3.70. The number of nitrogens with zero attached hydrogens (tertiary/aromatic N) is 1. The molecule has 1 aliphatic heterocycles. The summed E-state index contributed by atoms with van der Waals surface area (Å²) in [6, 6.07) is 4.57. The predicted molar refractivity (Wildman–Crippen MR) is 73.5 cm³/mol. The summed E-state index contributed by atoms with van der Waals surface area (Å²) in [6.07, 6.45) is 4.17. The van der Waals surface area contributed by atoms with E-state index in [-0.39, 0.29) is 17.8 Å². The molecule has 104 valence electrons. The van der Waals surface area contributed by atoms with Gasteiger partial charge in [-0.05, 0) is 43.5 Å². The van der Waals surface area contributed by atoms with Crippen molar-refractivity contribution in [3.05, 3.63) is 35.1 Å². The number of amides is 1. The Morgan fingerprint density at radius 2 is 2.16 bits per heavy atom. The number of halogens is 1. The molecule has 0 aliphatic carbocycles. The summed E-state index contributed by atoms with van der Waals surface area (Å²) in [7, 11) is 0. The third kappa shape index (κ3) is 3.32. The summed E-state index contributed by atoms with van der Waals surface area (Å²) >= 11 is 0. The fourth-order valence-electron chi connectivity index (χ4n) is 2.72. The van der Waals surface area contributed by atoms with Crippen molar-refractivity contribution < 1.29 is 9.18 Å². The van der Waals surface area contributed by atoms with E-state index in [1.54, 1.807) is 13.0 Å². The largest absolute Gasteiger partial charge is 0.334 e. The molecule has 0 spiro atoms. The van der Waals surface area contributed by atoms with E-state index < -0.39 is 0 Å². The van der Waals surface area contributed by atoms with Crippen LogP contribution in [0.25, 0.3) is 0 Å². The first-order valence-electron chi connectivity index (χ1n) is 6.90. The van der Waals surface area contributed by atoms with Gasteiger partial charge in [-0.15, -0.1) is 0 Å². The molecule has 2 rings (SSSR count). The van der Waals surface area contributed by atoms with Crippen molar-refractivity contribution in [2.45, 2.75) is 38.6 Å². The van der Waals surface area contributed by atoms with Crippen LogP contribution in [0.5, 0.6) is 0 Å². The summed E-state index contributed by atoms with van der Waals surface area (Å²) in [5.41, 5.74) is 6.97. The maximum absolute atomic E-state index is 13.4. The fourth-order valence-corrected chi connectivity index (χ4v) is 2.72. The minimum Gasteiger partial charge on any atom is -0.334 e. The Labute approximate surface area is 113 Å². The van der Waals surface area contributed by atoms with Crippen LogP contribution in [0.1, 0.15) is 41.6 Å². The smallest absolute Gasteiger partial charge is 0.254 e. The van der Waals surface area contributed by atoms with Gasteiger partial charge in [0.2, 0.25) is 0 Å². The van der Waals surface area contributed by atoms with Gasteiger partial charge in [0.05, 0.1) is 0 Å². The molecule has 0 aromatic heterocycles. The normalized spacial score (nSPS) is 20.2. The molecule has 3 nitrogen and oxygen atoms in total. The number of carbonyl (C=O) groups is 1. The van der Waals surface area contributed by atoms with E-state index in [9.17, 15) is 9.18 Å². The highest BCUT2D eigenvalue weighted by Gasteiger charge is 2.25. The average Bonchev–Trinajstić information content (AvgIpc) is 2.61. The van der Waals surface area contributed by atoms with Gasteiger partial charge in [-0.3, -0.25) is 4.79 Å². The minimum atomic E-state index is -0.359. The highest BCUT2D eigenvalue weighted by atomic mass is 19.1. The zero-order valence-electron chi connectivity index (χ0n) is 11.4. The average molecular weight is 264 g/mol. The van der Waals surface area contributed by atoms with E-state index in [0.29, 0.717) is 12.1 Å². The zero-order valence-corrected chi connectivity index (χ0v) is 11.4. The Morgan fingerprint density at radius 3 is 2.84 bits per heavy atom. The molecular formula is C15H21FN2O. The first-order valence-corrected chi connectivity index (χ1v) is 6.90.